The normalized spacial score (nSPS) is 15.3. The van der Waals surface area contributed by atoms with Crippen molar-refractivity contribution in [3.05, 3.63) is 34.9 Å². The summed E-state index contributed by atoms with van der Waals surface area (Å²) in [5.41, 5.74) is 5.96. The third-order valence-electron chi connectivity index (χ3n) is 2.60. The van der Waals surface area contributed by atoms with E-state index in [4.69, 9.17) is 5.73 Å². The van der Waals surface area contributed by atoms with Crippen molar-refractivity contribution in [3.8, 4) is 0 Å². The number of benzene rings is 1. The zero-order chi connectivity index (χ0) is 10.9. The van der Waals surface area contributed by atoms with Crippen LogP contribution in [0.15, 0.2) is 12.1 Å². The highest BCUT2D eigenvalue weighted by Crippen LogP contribution is 2.26. The lowest BCUT2D eigenvalue weighted by molar-refractivity contribution is 0.441. The van der Waals surface area contributed by atoms with Crippen LogP contribution in [-0.2, 0) is 5.54 Å². The molecular weight excluding hydrogens is 184 g/mol. The maximum Gasteiger partial charge on any atom is 0.131 e. The number of hydrogen-bond acceptors (Lipinski definition) is 1. The Kier molecular flexibility index (Phi) is 2.90. The smallest absolute Gasteiger partial charge is 0.131 e. The first kappa shape index (κ1) is 11.1. The molecule has 0 aliphatic carbocycles. The largest absolute Gasteiger partial charge is 0.322 e. The molecule has 1 rings (SSSR count). The average molecular weight is 199 g/mol. The second kappa shape index (κ2) is 3.65. The summed E-state index contributed by atoms with van der Waals surface area (Å²) in [7, 11) is 0. The lowest BCUT2D eigenvalue weighted by Gasteiger charge is -2.24. The Morgan fingerprint density at radius 1 is 1.29 bits per heavy atom. The maximum atomic E-state index is 13.4. The number of halogens is 2. The van der Waals surface area contributed by atoms with Crippen LogP contribution in [0.3, 0.4) is 0 Å². The third-order valence-corrected chi connectivity index (χ3v) is 2.60. The molecule has 0 heterocycles. The van der Waals surface area contributed by atoms with Crippen molar-refractivity contribution in [2.45, 2.75) is 32.7 Å². The van der Waals surface area contributed by atoms with E-state index in [9.17, 15) is 8.78 Å². The van der Waals surface area contributed by atoms with E-state index in [1.54, 1.807) is 13.8 Å². The van der Waals surface area contributed by atoms with Gasteiger partial charge in [0.1, 0.15) is 11.6 Å². The van der Waals surface area contributed by atoms with Gasteiger partial charge in [0, 0.05) is 17.2 Å². The molecule has 1 unspecified atom stereocenters. The molecule has 2 N–H and O–H groups in total. The van der Waals surface area contributed by atoms with E-state index in [0.29, 0.717) is 17.5 Å². The molecule has 0 amide bonds. The van der Waals surface area contributed by atoms with Crippen LogP contribution < -0.4 is 5.73 Å². The highest BCUT2D eigenvalue weighted by atomic mass is 19.1. The second-order valence-electron chi connectivity index (χ2n) is 3.85. The van der Waals surface area contributed by atoms with Gasteiger partial charge in [-0.1, -0.05) is 6.92 Å². The summed E-state index contributed by atoms with van der Waals surface area (Å²) < 4.78 is 26.4. The van der Waals surface area contributed by atoms with E-state index in [2.05, 4.69) is 0 Å². The molecule has 0 bridgehead atoms. The van der Waals surface area contributed by atoms with Gasteiger partial charge in [0.05, 0.1) is 0 Å². The van der Waals surface area contributed by atoms with E-state index < -0.39 is 17.2 Å². The van der Waals surface area contributed by atoms with Crippen LogP contribution in [0.4, 0.5) is 8.78 Å². The fourth-order valence-corrected chi connectivity index (χ4v) is 1.29. The number of nitrogens with two attached hydrogens (primary N) is 1. The fraction of sp³-hybridized carbons (Fsp3) is 0.455. The average Bonchev–Trinajstić information content (AvgIpc) is 2.11. The Bertz CT molecular complexity index is 345. The summed E-state index contributed by atoms with van der Waals surface area (Å²) in [5.74, 6) is -1.10. The zero-order valence-corrected chi connectivity index (χ0v) is 8.70. The Morgan fingerprint density at radius 2 is 1.86 bits per heavy atom. The van der Waals surface area contributed by atoms with E-state index in [1.165, 1.54) is 6.07 Å². The van der Waals surface area contributed by atoms with Crippen molar-refractivity contribution in [2.24, 2.45) is 5.73 Å². The lowest BCUT2D eigenvalue weighted by Crippen LogP contribution is -2.33. The molecule has 0 fully saturated rings. The van der Waals surface area contributed by atoms with Crippen molar-refractivity contribution >= 4 is 0 Å². The molecule has 3 heteroatoms. The van der Waals surface area contributed by atoms with Gasteiger partial charge in [0.25, 0.3) is 0 Å². The van der Waals surface area contributed by atoms with Gasteiger partial charge in [-0.05, 0) is 31.9 Å². The Balaban J connectivity index is 3.29. The predicted octanol–water partition coefficient (Wildman–Crippen LogP) is 2.86. The monoisotopic (exact) mass is 199 g/mol. The fourth-order valence-electron chi connectivity index (χ4n) is 1.29. The molecule has 1 aromatic rings. The zero-order valence-electron chi connectivity index (χ0n) is 8.70. The topological polar surface area (TPSA) is 26.0 Å². The Morgan fingerprint density at radius 3 is 2.36 bits per heavy atom. The summed E-state index contributed by atoms with van der Waals surface area (Å²) in [4.78, 5) is 0. The van der Waals surface area contributed by atoms with Crippen molar-refractivity contribution in [2.75, 3.05) is 0 Å². The minimum atomic E-state index is -0.734. The molecule has 0 radical (unpaired) electrons. The molecule has 0 saturated heterocycles. The first-order valence-electron chi connectivity index (χ1n) is 4.63. The molecule has 14 heavy (non-hydrogen) atoms. The van der Waals surface area contributed by atoms with Crippen LogP contribution >= 0.6 is 0 Å². The van der Waals surface area contributed by atoms with Gasteiger partial charge in [-0.2, -0.15) is 0 Å². The van der Waals surface area contributed by atoms with Crippen LogP contribution in [0.5, 0.6) is 0 Å². The van der Waals surface area contributed by atoms with E-state index in [-0.39, 0.29) is 0 Å². The molecule has 1 aromatic carbocycles. The predicted molar refractivity (Wildman–Crippen MR) is 52.9 cm³/mol. The molecule has 1 nitrogen and oxygen atoms in total. The van der Waals surface area contributed by atoms with E-state index in [0.717, 1.165) is 6.07 Å². The lowest BCUT2D eigenvalue weighted by atomic mass is 9.89. The maximum absolute atomic E-state index is 13.4. The Labute approximate surface area is 82.9 Å². The van der Waals surface area contributed by atoms with E-state index in [1.807, 2.05) is 6.92 Å². The SMILES string of the molecule is CCC(C)(N)c1cc(C)c(F)cc1F. The first-order chi connectivity index (χ1) is 6.38. The van der Waals surface area contributed by atoms with Crippen molar-refractivity contribution < 1.29 is 8.78 Å². The minimum absolute atomic E-state index is 0.374. The van der Waals surface area contributed by atoms with Crippen molar-refractivity contribution in [3.63, 3.8) is 0 Å². The number of rotatable bonds is 2. The van der Waals surface area contributed by atoms with Crippen LogP contribution in [0.2, 0.25) is 0 Å². The van der Waals surface area contributed by atoms with Crippen molar-refractivity contribution in [1.29, 1.82) is 0 Å². The highest BCUT2D eigenvalue weighted by Gasteiger charge is 2.23. The standard InChI is InChI=1S/C11H15F2N/c1-4-11(3,14)8-5-7(2)9(12)6-10(8)13/h5-6H,4,14H2,1-3H3. The van der Waals surface area contributed by atoms with Gasteiger partial charge in [-0.25, -0.2) is 8.78 Å². The van der Waals surface area contributed by atoms with Crippen LogP contribution in [0.25, 0.3) is 0 Å². The van der Waals surface area contributed by atoms with Crippen molar-refractivity contribution in [1.82, 2.24) is 0 Å². The molecule has 0 aliphatic rings. The van der Waals surface area contributed by atoms with Gasteiger partial charge in [0.15, 0.2) is 0 Å². The number of aryl methyl sites for hydroxylation is 1. The molecule has 0 aliphatic heterocycles. The molecule has 0 spiro atoms. The van der Waals surface area contributed by atoms with Gasteiger partial charge in [-0.15, -0.1) is 0 Å². The summed E-state index contributed by atoms with van der Waals surface area (Å²) in [5, 5.41) is 0. The second-order valence-corrected chi connectivity index (χ2v) is 3.85. The van der Waals surface area contributed by atoms with Gasteiger partial charge in [0.2, 0.25) is 0 Å². The Hall–Kier alpha value is -0.960. The van der Waals surface area contributed by atoms with Gasteiger partial charge < -0.3 is 5.73 Å². The van der Waals surface area contributed by atoms with Crippen LogP contribution in [0, 0.1) is 18.6 Å². The van der Waals surface area contributed by atoms with Gasteiger partial charge in [-0.3, -0.25) is 0 Å². The molecule has 1 atom stereocenters. The number of hydrogen-bond donors (Lipinski definition) is 1. The first-order valence-corrected chi connectivity index (χ1v) is 4.63. The van der Waals surface area contributed by atoms with Gasteiger partial charge >= 0.3 is 0 Å². The molecule has 0 aromatic heterocycles. The highest BCUT2D eigenvalue weighted by molar-refractivity contribution is 5.30. The van der Waals surface area contributed by atoms with E-state index >= 15 is 0 Å². The third kappa shape index (κ3) is 1.93. The quantitative estimate of drug-likeness (QED) is 0.778. The van der Waals surface area contributed by atoms with Crippen LogP contribution in [0.1, 0.15) is 31.4 Å². The summed E-state index contributed by atoms with van der Waals surface area (Å²) in [6.07, 6.45) is 0.606. The van der Waals surface area contributed by atoms with Crippen LogP contribution in [-0.4, -0.2) is 0 Å². The molecular formula is C11H15F2N. The molecule has 0 saturated carbocycles. The minimum Gasteiger partial charge on any atom is -0.322 e. The summed E-state index contributed by atoms with van der Waals surface area (Å²) >= 11 is 0. The molecule has 78 valence electrons. The summed E-state index contributed by atoms with van der Waals surface area (Å²) in [6.45, 7) is 5.21. The summed E-state index contributed by atoms with van der Waals surface area (Å²) in [6, 6.07) is 2.37.